The number of piperazine rings is 1. The highest BCUT2D eigenvalue weighted by atomic mass is 19.1. The van der Waals surface area contributed by atoms with Crippen molar-refractivity contribution in [3.63, 3.8) is 0 Å². The van der Waals surface area contributed by atoms with E-state index in [-0.39, 0.29) is 11.9 Å². The van der Waals surface area contributed by atoms with Crippen LogP contribution in [0.25, 0.3) is 10.9 Å². The first kappa shape index (κ1) is 15.6. The summed E-state index contributed by atoms with van der Waals surface area (Å²) in [4.78, 5) is 18.9. The molecule has 0 spiro atoms. The average Bonchev–Trinajstić information content (AvgIpc) is 2.94. The van der Waals surface area contributed by atoms with Gasteiger partial charge in [-0.15, -0.1) is 0 Å². The number of aromatic nitrogens is 1. The van der Waals surface area contributed by atoms with Gasteiger partial charge in [0.15, 0.2) is 0 Å². The standard InChI is InChI=1S/C17H22FN3O2/c1-17(2,3)23-16(22)21-10-8-20(9-11-21)15-12-6-7-19-14(12)5-4-13(15)18/h4-7,19H,8-11H2,1-3H3. The number of aromatic amines is 1. The maximum atomic E-state index is 14.3. The smallest absolute Gasteiger partial charge is 0.410 e. The monoisotopic (exact) mass is 319 g/mol. The molecule has 5 nitrogen and oxygen atoms in total. The predicted molar refractivity (Wildman–Crippen MR) is 88.3 cm³/mol. The molecule has 0 saturated carbocycles. The lowest BCUT2D eigenvalue weighted by molar-refractivity contribution is 0.0240. The minimum Gasteiger partial charge on any atom is -0.444 e. The highest BCUT2D eigenvalue weighted by Gasteiger charge is 2.27. The van der Waals surface area contributed by atoms with E-state index in [1.54, 1.807) is 11.0 Å². The van der Waals surface area contributed by atoms with Gasteiger partial charge in [0, 0.05) is 43.3 Å². The summed E-state index contributed by atoms with van der Waals surface area (Å²) < 4.78 is 19.7. The van der Waals surface area contributed by atoms with E-state index in [1.165, 1.54) is 6.07 Å². The van der Waals surface area contributed by atoms with Crippen LogP contribution in [0.5, 0.6) is 0 Å². The number of benzene rings is 1. The molecule has 1 aliphatic heterocycles. The molecule has 23 heavy (non-hydrogen) atoms. The molecule has 1 aliphatic rings. The van der Waals surface area contributed by atoms with E-state index in [4.69, 9.17) is 4.74 Å². The number of halogens is 1. The molecule has 0 aliphatic carbocycles. The molecule has 1 saturated heterocycles. The second kappa shape index (κ2) is 5.76. The van der Waals surface area contributed by atoms with Crippen LogP contribution >= 0.6 is 0 Å². The van der Waals surface area contributed by atoms with Crippen LogP contribution in [0.15, 0.2) is 24.4 Å². The third-order valence-corrected chi connectivity index (χ3v) is 3.90. The minimum absolute atomic E-state index is 0.234. The summed E-state index contributed by atoms with van der Waals surface area (Å²) >= 11 is 0. The Balaban J connectivity index is 1.72. The minimum atomic E-state index is -0.503. The molecule has 124 valence electrons. The number of fused-ring (bicyclic) bond motifs is 1. The van der Waals surface area contributed by atoms with Crippen molar-refractivity contribution in [1.82, 2.24) is 9.88 Å². The lowest BCUT2D eigenvalue weighted by atomic mass is 10.1. The molecule has 0 radical (unpaired) electrons. The molecule has 1 aromatic carbocycles. The molecule has 1 amide bonds. The molecule has 0 unspecified atom stereocenters. The molecule has 1 N–H and O–H groups in total. The Labute approximate surface area is 135 Å². The molecular formula is C17H22FN3O2. The van der Waals surface area contributed by atoms with Gasteiger partial charge in [-0.05, 0) is 39.0 Å². The number of nitrogens with zero attached hydrogens (tertiary/aromatic N) is 2. The summed E-state index contributed by atoms with van der Waals surface area (Å²) in [6.45, 7) is 7.76. The molecule has 0 bridgehead atoms. The topological polar surface area (TPSA) is 48.6 Å². The van der Waals surface area contributed by atoms with Gasteiger partial charge >= 0.3 is 6.09 Å². The van der Waals surface area contributed by atoms with E-state index < -0.39 is 5.60 Å². The van der Waals surface area contributed by atoms with Crippen molar-refractivity contribution in [2.75, 3.05) is 31.1 Å². The zero-order chi connectivity index (χ0) is 16.6. The number of carbonyl (C=O) groups excluding carboxylic acids is 1. The van der Waals surface area contributed by atoms with Gasteiger partial charge in [0.1, 0.15) is 11.4 Å². The summed E-state index contributed by atoms with van der Waals surface area (Å²) in [5.41, 5.74) is 1.01. The third-order valence-electron chi connectivity index (χ3n) is 3.90. The maximum Gasteiger partial charge on any atom is 0.410 e. The van der Waals surface area contributed by atoms with Gasteiger partial charge in [-0.1, -0.05) is 0 Å². The number of hydrogen-bond acceptors (Lipinski definition) is 3. The van der Waals surface area contributed by atoms with E-state index in [2.05, 4.69) is 4.98 Å². The van der Waals surface area contributed by atoms with Crippen molar-refractivity contribution in [1.29, 1.82) is 0 Å². The highest BCUT2D eigenvalue weighted by molar-refractivity contribution is 5.92. The lowest BCUT2D eigenvalue weighted by Crippen LogP contribution is -2.50. The third kappa shape index (κ3) is 3.25. The zero-order valence-electron chi connectivity index (χ0n) is 13.7. The van der Waals surface area contributed by atoms with Gasteiger partial charge in [0.05, 0.1) is 5.69 Å². The molecule has 2 aromatic rings. The highest BCUT2D eigenvalue weighted by Crippen LogP contribution is 2.30. The number of anilines is 1. The number of ether oxygens (including phenoxy) is 1. The maximum absolute atomic E-state index is 14.3. The number of H-pyrrole nitrogens is 1. The van der Waals surface area contributed by atoms with Crippen molar-refractivity contribution in [3.05, 3.63) is 30.2 Å². The number of amides is 1. The second-order valence-corrected chi connectivity index (χ2v) is 6.79. The Morgan fingerprint density at radius 1 is 1.17 bits per heavy atom. The molecule has 3 rings (SSSR count). The fourth-order valence-electron chi connectivity index (χ4n) is 2.85. The Bertz CT molecular complexity index is 712. The Morgan fingerprint density at radius 2 is 1.87 bits per heavy atom. The Kier molecular flexibility index (Phi) is 3.92. The van der Waals surface area contributed by atoms with E-state index in [1.807, 2.05) is 37.9 Å². The first-order chi connectivity index (χ1) is 10.8. The Morgan fingerprint density at radius 3 is 2.52 bits per heavy atom. The fraction of sp³-hybridized carbons (Fsp3) is 0.471. The van der Waals surface area contributed by atoms with Crippen molar-refractivity contribution in [2.24, 2.45) is 0 Å². The van der Waals surface area contributed by atoms with Gasteiger partial charge in [-0.25, -0.2) is 9.18 Å². The normalized spacial score (nSPS) is 16.0. The summed E-state index contributed by atoms with van der Waals surface area (Å²) in [5, 5.41) is 0.871. The van der Waals surface area contributed by atoms with E-state index in [0.29, 0.717) is 31.9 Å². The van der Waals surface area contributed by atoms with Crippen LogP contribution < -0.4 is 4.90 Å². The zero-order valence-corrected chi connectivity index (χ0v) is 13.7. The molecular weight excluding hydrogens is 297 g/mol. The van der Waals surface area contributed by atoms with Crippen LogP contribution in [-0.4, -0.2) is 47.8 Å². The molecule has 1 aromatic heterocycles. The van der Waals surface area contributed by atoms with Crippen LogP contribution in [0.1, 0.15) is 20.8 Å². The molecule has 2 heterocycles. The quantitative estimate of drug-likeness (QED) is 0.877. The van der Waals surface area contributed by atoms with Crippen LogP contribution in [0.2, 0.25) is 0 Å². The summed E-state index contributed by atoms with van der Waals surface area (Å²) in [6, 6.07) is 5.10. The van der Waals surface area contributed by atoms with Crippen molar-refractivity contribution >= 4 is 22.7 Å². The summed E-state index contributed by atoms with van der Waals surface area (Å²) in [5.74, 6) is -0.234. The van der Waals surface area contributed by atoms with Crippen LogP contribution in [0.3, 0.4) is 0 Å². The number of carbonyl (C=O) groups is 1. The van der Waals surface area contributed by atoms with E-state index >= 15 is 0 Å². The van der Waals surface area contributed by atoms with Crippen molar-refractivity contribution in [3.8, 4) is 0 Å². The largest absolute Gasteiger partial charge is 0.444 e. The van der Waals surface area contributed by atoms with E-state index in [9.17, 15) is 9.18 Å². The SMILES string of the molecule is CC(C)(C)OC(=O)N1CCN(c2c(F)ccc3[nH]ccc23)CC1. The number of rotatable bonds is 1. The number of nitrogens with one attached hydrogen (secondary N) is 1. The molecule has 6 heteroatoms. The summed E-state index contributed by atoms with van der Waals surface area (Å²) in [7, 11) is 0. The Hall–Kier alpha value is -2.24. The lowest BCUT2D eigenvalue weighted by Gasteiger charge is -2.37. The van der Waals surface area contributed by atoms with Crippen LogP contribution in [0, 0.1) is 5.82 Å². The van der Waals surface area contributed by atoms with Crippen LogP contribution in [-0.2, 0) is 4.74 Å². The van der Waals surface area contributed by atoms with Gasteiger partial charge in [0.25, 0.3) is 0 Å². The van der Waals surface area contributed by atoms with Gasteiger partial charge < -0.3 is 19.5 Å². The summed E-state index contributed by atoms with van der Waals surface area (Å²) in [6.07, 6.45) is 1.50. The van der Waals surface area contributed by atoms with Crippen LogP contribution in [0.4, 0.5) is 14.9 Å². The molecule has 0 atom stereocenters. The van der Waals surface area contributed by atoms with Crippen molar-refractivity contribution in [2.45, 2.75) is 26.4 Å². The average molecular weight is 319 g/mol. The second-order valence-electron chi connectivity index (χ2n) is 6.79. The fourth-order valence-corrected chi connectivity index (χ4v) is 2.85. The van der Waals surface area contributed by atoms with Gasteiger partial charge in [0.2, 0.25) is 0 Å². The first-order valence-electron chi connectivity index (χ1n) is 7.83. The van der Waals surface area contributed by atoms with E-state index in [0.717, 1.165) is 10.9 Å². The number of hydrogen-bond donors (Lipinski definition) is 1. The molecule has 1 fully saturated rings. The van der Waals surface area contributed by atoms with Gasteiger partial charge in [-0.3, -0.25) is 0 Å². The first-order valence-corrected chi connectivity index (χ1v) is 7.83. The van der Waals surface area contributed by atoms with Crippen molar-refractivity contribution < 1.29 is 13.9 Å². The predicted octanol–water partition coefficient (Wildman–Crippen LogP) is 3.36. The van der Waals surface area contributed by atoms with Gasteiger partial charge in [-0.2, -0.15) is 0 Å².